The van der Waals surface area contributed by atoms with Gasteiger partial charge in [-0.2, -0.15) is 0 Å². The molecule has 0 spiro atoms. The van der Waals surface area contributed by atoms with Crippen molar-refractivity contribution in [2.75, 3.05) is 11.9 Å². The molecule has 0 unspecified atom stereocenters. The standard InChI is InChI=1S/C17H16Cl2N2O2/c1-3-20-16(22)11-8-7-10(2)14(9-11)21-17(23)15-12(18)5-4-6-13(15)19/h4-9H,3H2,1-2H3,(H,20,22)(H,21,23). The van der Waals surface area contributed by atoms with E-state index in [1.165, 1.54) is 0 Å². The van der Waals surface area contributed by atoms with Crippen molar-refractivity contribution in [3.05, 3.63) is 63.1 Å². The molecule has 0 fully saturated rings. The van der Waals surface area contributed by atoms with Gasteiger partial charge in [0.2, 0.25) is 0 Å². The molecule has 0 heterocycles. The lowest BCUT2D eigenvalue weighted by atomic mass is 10.1. The molecule has 2 N–H and O–H groups in total. The third-order valence-corrected chi connectivity index (χ3v) is 3.91. The maximum absolute atomic E-state index is 12.4. The van der Waals surface area contributed by atoms with Crippen LogP contribution in [0.25, 0.3) is 0 Å². The predicted molar refractivity (Wildman–Crippen MR) is 93.6 cm³/mol. The van der Waals surface area contributed by atoms with E-state index in [1.54, 1.807) is 36.4 Å². The number of hydrogen-bond acceptors (Lipinski definition) is 2. The molecule has 2 rings (SSSR count). The lowest BCUT2D eigenvalue weighted by Crippen LogP contribution is -2.23. The van der Waals surface area contributed by atoms with Gasteiger partial charge >= 0.3 is 0 Å². The lowest BCUT2D eigenvalue weighted by Gasteiger charge is -2.12. The van der Waals surface area contributed by atoms with Crippen LogP contribution in [0.2, 0.25) is 10.0 Å². The van der Waals surface area contributed by atoms with E-state index in [-0.39, 0.29) is 21.5 Å². The highest BCUT2D eigenvalue weighted by Gasteiger charge is 2.16. The maximum atomic E-state index is 12.4. The summed E-state index contributed by atoms with van der Waals surface area (Å²) in [5.41, 5.74) is 2.04. The monoisotopic (exact) mass is 350 g/mol. The minimum absolute atomic E-state index is 0.196. The van der Waals surface area contributed by atoms with Gasteiger partial charge in [0.1, 0.15) is 0 Å². The van der Waals surface area contributed by atoms with Gasteiger partial charge in [0, 0.05) is 17.8 Å². The Balaban J connectivity index is 2.31. The second-order valence-electron chi connectivity index (χ2n) is 4.94. The van der Waals surface area contributed by atoms with Gasteiger partial charge in [0.15, 0.2) is 0 Å². The first-order valence-corrected chi connectivity index (χ1v) is 7.83. The van der Waals surface area contributed by atoms with Crippen LogP contribution in [0.4, 0.5) is 5.69 Å². The van der Waals surface area contributed by atoms with E-state index in [9.17, 15) is 9.59 Å². The molecule has 0 aliphatic heterocycles. The van der Waals surface area contributed by atoms with Crippen LogP contribution in [0.5, 0.6) is 0 Å². The van der Waals surface area contributed by atoms with Crippen molar-refractivity contribution in [2.24, 2.45) is 0 Å². The number of halogens is 2. The molecule has 4 nitrogen and oxygen atoms in total. The first-order valence-electron chi connectivity index (χ1n) is 7.08. The summed E-state index contributed by atoms with van der Waals surface area (Å²) in [6.07, 6.45) is 0. The van der Waals surface area contributed by atoms with Crippen LogP contribution in [-0.4, -0.2) is 18.4 Å². The van der Waals surface area contributed by atoms with E-state index in [0.717, 1.165) is 5.56 Å². The molecule has 2 aromatic rings. The van der Waals surface area contributed by atoms with E-state index in [1.807, 2.05) is 13.8 Å². The van der Waals surface area contributed by atoms with Gasteiger partial charge < -0.3 is 10.6 Å². The molecule has 2 aromatic carbocycles. The van der Waals surface area contributed by atoms with Crippen molar-refractivity contribution in [2.45, 2.75) is 13.8 Å². The number of hydrogen-bond donors (Lipinski definition) is 2. The zero-order valence-corrected chi connectivity index (χ0v) is 14.3. The Morgan fingerprint density at radius 1 is 1.04 bits per heavy atom. The van der Waals surface area contributed by atoms with E-state index in [2.05, 4.69) is 10.6 Å². The van der Waals surface area contributed by atoms with E-state index in [4.69, 9.17) is 23.2 Å². The Labute approximate surface area is 144 Å². The second-order valence-corrected chi connectivity index (χ2v) is 5.75. The highest BCUT2D eigenvalue weighted by molar-refractivity contribution is 6.40. The Morgan fingerprint density at radius 3 is 2.30 bits per heavy atom. The average molecular weight is 351 g/mol. The molecule has 0 saturated carbocycles. The number of carbonyl (C=O) groups is 2. The van der Waals surface area contributed by atoms with Gasteiger partial charge in [0.05, 0.1) is 15.6 Å². The van der Waals surface area contributed by atoms with Crippen molar-refractivity contribution in [1.82, 2.24) is 5.32 Å². The van der Waals surface area contributed by atoms with Crippen molar-refractivity contribution < 1.29 is 9.59 Å². The van der Waals surface area contributed by atoms with Gasteiger partial charge in [-0.05, 0) is 43.7 Å². The summed E-state index contributed by atoms with van der Waals surface area (Å²) >= 11 is 12.1. The number of carbonyl (C=O) groups excluding carboxylic acids is 2. The quantitative estimate of drug-likeness (QED) is 0.863. The molecule has 0 aliphatic carbocycles. The minimum atomic E-state index is -0.420. The van der Waals surface area contributed by atoms with Crippen LogP contribution in [0, 0.1) is 6.92 Å². The zero-order chi connectivity index (χ0) is 17.0. The number of rotatable bonds is 4. The second kappa shape index (κ2) is 7.49. The Morgan fingerprint density at radius 2 is 1.70 bits per heavy atom. The summed E-state index contributed by atoms with van der Waals surface area (Å²) in [6.45, 7) is 4.21. The van der Waals surface area contributed by atoms with Crippen LogP contribution in [-0.2, 0) is 0 Å². The van der Waals surface area contributed by atoms with Crippen LogP contribution < -0.4 is 10.6 Å². The fraction of sp³-hybridized carbons (Fsp3) is 0.176. The van der Waals surface area contributed by atoms with Gasteiger partial charge in [-0.3, -0.25) is 9.59 Å². The molecule has 0 aromatic heterocycles. The molecular weight excluding hydrogens is 335 g/mol. The molecule has 0 atom stereocenters. The van der Waals surface area contributed by atoms with Crippen molar-refractivity contribution in [3.8, 4) is 0 Å². The molecule has 0 saturated heterocycles. The highest BCUT2D eigenvalue weighted by atomic mass is 35.5. The number of nitrogens with one attached hydrogen (secondary N) is 2. The summed E-state index contributed by atoms with van der Waals surface area (Å²) in [6, 6.07) is 9.97. The lowest BCUT2D eigenvalue weighted by molar-refractivity contribution is 0.0954. The van der Waals surface area contributed by atoms with E-state index >= 15 is 0 Å². The summed E-state index contributed by atoms with van der Waals surface area (Å²) in [7, 11) is 0. The maximum Gasteiger partial charge on any atom is 0.258 e. The fourth-order valence-corrected chi connectivity index (χ4v) is 2.63. The smallest absolute Gasteiger partial charge is 0.258 e. The average Bonchev–Trinajstić information content (AvgIpc) is 2.49. The number of amides is 2. The third-order valence-electron chi connectivity index (χ3n) is 3.28. The van der Waals surface area contributed by atoms with Gasteiger partial charge in [-0.25, -0.2) is 0 Å². The van der Waals surface area contributed by atoms with Crippen molar-refractivity contribution in [3.63, 3.8) is 0 Å². The van der Waals surface area contributed by atoms with Gasteiger partial charge in [-0.1, -0.05) is 35.3 Å². The fourth-order valence-electron chi connectivity index (χ4n) is 2.06. The summed E-state index contributed by atoms with van der Waals surface area (Å²) in [5.74, 6) is -0.615. The molecule has 0 aliphatic rings. The molecule has 0 bridgehead atoms. The minimum Gasteiger partial charge on any atom is -0.352 e. The SMILES string of the molecule is CCNC(=O)c1ccc(C)c(NC(=O)c2c(Cl)cccc2Cl)c1. The zero-order valence-electron chi connectivity index (χ0n) is 12.7. The number of anilines is 1. The topological polar surface area (TPSA) is 58.2 Å². The molecular formula is C17H16Cl2N2O2. The van der Waals surface area contributed by atoms with E-state index in [0.29, 0.717) is 17.8 Å². The number of benzene rings is 2. The van der Waals surface area contributed by atoms with Gasteiger partial charge in [-0.15, -0.1) is 0 Å². The van der Waals surface area contributed by atoms with Gasteiger partial charge in [0.25, 0.3) is 11.8 Å². The Bertz CT molecular complexity index is 740. The Hall–Kier alpha value is -2.04. The summed E-state index contributed by atoms with van der Waals surface area (Å²) < 4.78 is 0. The Kier molecular flexibility index (Phi) is 5.64. The molecule has 23 heavy (non-hydrogen) atoms. The highest BCUT2D eigenvalue weighted by Crippen LogP contribution is 2.26. The van der Waals surface area contributed by atoms with Crippen molar-refractivity contribution in [1.29, 1.82) is 0 Å². The molecule has 0 radical (unpaired) electrons. The molecule has 2 amide bonds. The van der Waals surface area contributed by atoms with Crippen LogP contribution in [0.15, 0.2) is 36.4 Å². The predicted octanol–water partition coefficient (Wildman–Crippen LogP) is 4.30. The molecule has 120 valence electrons. The van der Waals surface area contributed by atoms with Crippen molar-refractivity contribution >= 4 is 40.7 Å². The number of aryl methyl sites for hydroxylation is 1. The van der Waals surface area contributed by atoms with Crippen LogP contribution >= 0.6 is 23.2 Å². The summed E-state index contributed by atoms with van der Waals surface area (Å²) in [5, 5.41) is 6.02. The van der Waals surface area contributed by atoms with E-state index < -0.39 is 5.91 Å². The molecule has 6 heteroatoms. The largest absolute Gasteiger partial charge is 0.352 e. The first kappa shape index (κ1) is 17.3. The van der Waals surface area contributed by atoms with Crippen LogP contribution in [0.1, 0.15) is 33.2 Å². The first-order chi connectivity index (χ1) is 10.9. The third kappa shape index (κ3) is 4.03. The summed E-state index contributed by atoms with van der Waals surface area (Å²) in [4.78, 5) is 24.3. The normalized spacial score (nSPS) is 10.3. The van der Waals surface area contributed by atoms with Crippen LogP contribution in [0.3, 0.4) is 0 Å².